The lowest BCUT2D eigenvalue weighted by Crippen LogP contribution is -2.54. The summed E-state index contributed by atoms with van der Waals surface area (Å²) in [6.07, 6.45) is -4.43. The van der Waals surface area contributed by atoms with E-state index < -0.39 is 11.7 Å². The van der Waals surface area contributed by atoms with Gasteiger partial charge in [-0.2, -0.15) is 13.2 Å². The van der Waals surface area contributed by atoms with Gasteiger partial charge in [-0.3, -0.25) is 14.5 Å². The van der Waals surface area contributed by atoms with E-state index in [-0.39, 0.29) is 23.4 Å². The van der Waals surface area contributed by atoms with E-state index >= 15 is 0 Å². The topological polar surface area (TPSA) is 52.7 Å². The Balaban J connectivity index is 1.54. The second kappa shape index (κ2) is 9.18. The molecule has 1 unspecified atom stereocenters. The van der Waals surface area contributed by atoms with E-state index in [0.717, 1.165) is 16.6 Å². The summed E-state index contributed by atoms with van der Waals surface area (Å²) in [5.74, 6) is -0.449. The van der Waals surface area contributed by atoms with Gasteiger partial charge in [0.05, 0.1) is 11.6 Å². The van der Waals surface area contributed by atoms with Crippen molar-refractivity contribution in [1.82, 2.24) is 9.80 Å². The van der Waals surface area contributed by atoms with E-state index in [1.54, 1.807) is 17.0 Å². The molecular formula is C21H21BrF3N3O2. The Bertz CT molecular complexity index is 893. The van der Waals surface area contributed by atoms with Crippen LogP contribution in [0.5, 0.6) is 0 Å². The molecule has 160 valence electrons. The lowest BCUT2D eigenvalue weighted by atomic mass is 10.1. The molecule has 1 atom stereocenters. The van der Waals surface area contributed by atoms with Crippen LogP contribution in [0.4, 0.5) is 18.9 Å². The van der Waals surface area contributed by atoms with Crippen molar-refractivity contribution in [2.45, 2.75) is 19.1 Å². The van der Waals surface area contributed by atoms with Crippen molar-refractivity contribution in [2.75, 3.05) is 31.5 Å². The monoisotopic (exact) mass is 483 g/mol. The lowest BCUT2D eigenvalue weighted by molar-refractivity contribution is -0.137. The van der Waals surface area contributed by atoms with Crippen molar-refractivity contribution in [3.05, 3.63) is 64.1 Å². The van der Waals surface area contributed by atoms with Crippen LogP contribution in [-0.4, -0.2) is 53.8 Å². The first-order valence-electron chi connectivity index (χ1n) is 9.42. The molecule has 1 N–H and O–H groups in total. The van der Waals surface area contributed by atoms with E-state index in [0.29, 0.717) is 31.9 Å². The van der Waals surface area contributed by atoms with Crippen molar-refractivity contribution < 1.29 is 22.8 Å². The molecule has 0 aliphatic carbocycles. The highest BCUT2D eigenvalue weighted by Crippen LogP contribution is 2.29. The van der Waals surface area contributed by atoms with Crippen molar-refractivity contribution >= 4 is 33.4 Å². The maximum absolute atomic E-state index is 12.7. The fourth-order valence-electron chi connectivity index (χ4n) is 3.24. The third-order valence-corrected chi connectivity index (χ3v) is 5.63. The minimum Gasteiger partial charge on any atom is -0.336 e. The number of benzene rings is 2. The number of rotatable bonds is 4. The van der Waals surface area contributed by atoms with Crippen molar-refractivity contribution in [1.29, 1.82) is 0 Å². The number of carbonyl (C=O) groups is 2. The highest BCUT2D eigenvalue weighted by atomic mass is 79.9. The number of hydrogen-bond acceptors (Lipinski definition) is 3. The van der Waals surface area contributed by atoms with Crippen LogP contribution in [0.1, 0.15) is 22.8 Å². The van der Waals surface area contributed by atoms with E-state index in [1.807, 2.05) is 24.0 Å². The van der Waals surface area contributed by atoms with Crippen LogP contribution in [0.25, 0.3) is 0 Å². The lowest BCUT2D eigenvalue weighted by Gasteiger charge is -2.37. The van der Waals surface area contributed by atoms with Crippen LogP contribution in [0.3, 0.4) is 0 Å². The maximum atomic E-state index is 12.7. The number of hydrogen-bond donors (Lipinski definition) is 1. The van der Waals surface area contributed by atoms with E-state index in [2.05, 4.69) is 21.2 Å². The maximum Gasteiger partial charge on any atom is 0.416 e. The third kappa shape index (κ3) is 5.40. The number of nitrogens with zero attached hydrogens (tertiary/aromatic N) is 2. The average Bonchev–Trinajstić information content (AvgIpc) is 2.74. The van der Waals surface area contributed by atoms with E-state index in [1.165, 1.54) is 12.1 Å². The average molecular weight is 484 g/mol. The number of piperazine rings is 1. The summed E-state index contributed by atoms with van der Waals surface area (Å²) in [5, 5.41) is 2.87. The predicted molar refractivity (Wildman–Crippen MR) is 111 cm³/mol. The van der Waals surface area contributed by atoms with E-state index in [4.69, 9.17) is 0 Å². The number of nitrogens with one attached hydrogen (secondary N) is 1. The number of halogens is 4. The molecule has 0 radical (unpaired) electrons. The Labute approximate surface area is 181 Å². The molecule has 30 heavy (non-hydrogen) atoms. The molecule has 1 fully saturated rings. The molecule has 0 bridgehead atoms. The van der Waals surface area contributed by atoms with E-state index in [9.17, 15) is 22.8 Å². The van der Waals surface area contributed by atoms with Crippen molar-refractivity contribution in [3.8, 4) is 0 Å². The van der Waals surface area contributed by atoms with Crippen LogP contribution in [0, 0.1) is 0 Å². The highest BCUT2D eigenvalue weighted by molar-refractivity contribution is 9.10. The van der Waals surface area contributed by atoms with Crippen LogP contribution in [-0.2, 0) is 11.0 Å². The molecule has 2 aromatic rings. The molecule has 2 amide bonds. The number of alkyl halides is 3. The van der Waals surface area contributed by atoms with Gasteiger partial charge < -0.3 is 10.2 Å². The zero-order valence-electron chi connectivity index (χ0n) is 16.2. The SMILES string of the molecule is CC(C(=O)Nc1ccc(Br)cc1)N1CCN(C(=O)c2ccc(C(F)(F)F)cc2)CC1. The number of amides is 2. The minimum absolute atomic E-state index is 0.139. The van der Waals surface area contributed by atoms with Crippen molar-refractivity contribution in [2.24, 2.45) is 0 Å². The molecule has 9 heteroatoms. The standard InChI is InChI=1S/C21H21BrF3N3O2/c1-14(19(29)26-18-8-6-17(22)7-9-18)27-10-12-28(13-11-27)20(30)15-2-4-16(5-3-15)21(23,24)25/h2-9,14H,10-13H2,1H3,(H,26,29). The van der Waals surface area contributed by atoms with Crippen LogP contribution in [0.2, 0.25) is 0 Å². The fourth-order valence-corrected chi connectivity index (χ4v) is 3.51. The van der Waals surface area contributed by atoms with Gasteiger partial charge in [0.1, 0.15) is 0 Å². The summed E-state index contributed by atoms with van der Waals surface area (Å²) in [7, 11) is 0. The zero-order chi connectivity index (χ0) is 21.9. The smallest absolute Gasteiger partial charge is 0.336 e. The van der Waals surface area contributed by atoms with Gasteiger partial charge in [-0.05, 0) is 55.5 Å². The summed E-state index contributed by atoms with van der Waals surface area (Å²) in [4.78, 5) is 28.7. The summed E-state index contributed by atoms with van der Waals surface area (Å²) >= 11 is 3.35. The minimum atomic E-state index is -4.43. The molecule has 3 rings (SSSR count). The third-order valence-electron chi connectivity index (χ3n) is 5.10. The second-order valence-corrected chi connectivity index (χ2v) is 7.99. The van der Waals surface area contributed by atoms with Gasteiger partial charge in [0, 0.05) is 41.9 Å². The van der Waals surface area contributed by atoms with Gasteiger partial charge in [-0.25, -0.2) is 0 Å². The molecule has 2 aromatic carbocycles. The summed E-state index contributed by atoms with van der Waals surface area (Å²) in [6, 6.07) is 11.1. The number of carbonyl (C=O) groups excluding carboxylic acids is 2. The fraction of sp³-hybridized carbons (Fsp3) is 0.333. The Morgan fingerprint density at radius 3 is 2.07 bits per heavy atom. The number of anilines is 1. The van der Waals surface area contributed by atoms with Crippen LogP contribution >= 0.6 is 15.9 Å². The first-order valence-corrected chi connectivity index (χ1v) is 10.2. The second-order valence-electron chi connectivity index (χ2n) is 7.08. The zero-order valence-corrected chi connectivity index (χ0v) is 17.8. The summed E-state index contributed by atoms with van der Waals surface area (Å²) < 4.78 is 39.0. The Morgan fingerprint density at radius 1 is 0.967 bits per heavy atom. The largest absolute Gasteiger partial charge is 0.416 e. The molecule has 0 aromatic heterocycles. The van der Waals surface area contributed by atoms with Crippen LogP contribution in [0.15, 0.2) is 53.0 Å². The van der Waals surface area contributed by atoms with Gasteiger partial charge in [-0.15, -0.1) is 0 Å². The molecule has 5 nitrogen and oxygen atoms in total. The van der Waals surface area contributed by atoms with Gasteiger partial charge in [0.25, 0.3) is 5.91 Å². The van der Waals surface area contributed by atoms with Gasteiger partial charge >= 0.3 is 6.18 Å². The molecular weight excluding hydrogens is 463 g/mol. The quantitative estimate of drug-likeness (QED) is 0.706. The molecule has 1 saturated heterocycles. The van der Waals surface area contributed by atoms with Gasteiger partial charge in [0.15, 0.2) is 0 Å². The molecule has 0 saturated carbocycles. The Hall–Kier alpha value is -2.39. The van der Waals surface area contributed by atoms with Crippen molar-refractivity contribution in [3.63, 3.8) is 0 Å². The predicted octanol–water partition coefficient (Wildman–Crippen LogP) is 4.25. The highest BCUT2D eigenvalue weighted by Gasteiger charge is 2.31. The first-order chi connectivity index (χ1) is 14.1. The van der Waals surface area contributed by atoms with Crippen LogP contribution < -0.4 is 5.32 Å². The molecule has 1 aliphatic heterocycles. The molecule has 0 spiro atoms. The Morgan fingerprint density at radius 2 is 1.53 bits per heavy atom. The molecule has 1 aliphatic rings. The first kappa shape index (κ1) is 22.3. The summed E-state index contributed by atoms with van der Waals surface area (Å²) in [6.45, 7) is 3.61. The van der Waals surface area contributed by atoms with Gasteiger partial charge in [0.2, 0.25) is 5.91 Å². The Kier molecular flexibility index (Phi) is 6.82. The summed E-state index contributed by atoms with van der Waals surface area (Å²) in [5.41, 5.74) is 0.137. The normalized spacial score (nSPS) is 16.2. The molecule has 1 heterocycles. The van der Waals surface area contributed by atoms with Gasteiger partial charge in [-0.1, -0.05) is 15.9 Å².